The largest absolute Gasteiger partial charge is 0.420 e. The third-order valence-corrected chi connectivity index (χ3v) is 3.00. The lowest BCUT2D eigenvalue weighted by atomic mass is 10.1. The molecule has 2 aromatic carbocycles. The van der Waals surface area contributed by atoms with Crippen LogP contribution in [0.3, 0.4) is 0 Å². The molecule has 6 heteroatoms. The van der Waals surface area contributed by atoms with Gasteiger partial charge >= 0.3 is 0 Å². The van der Waals surface area contributed by atoms with E-state index in [0.717, 1.165) is 5.56 Å². The minimum atomic E-state index is -0.464. The van der Waals surface area contributed by atoms with Crippen LogP contribution in [0.25, 0.3) is 22.7 Å². The van der Waals surface area contributed by atoms with Crippen LogP contribution in [0.1, 0.15) is 0 Å². The second-order valence-electron chi connectivity index (χ2n) is 4.41. The fourth-order valence-electron chi connectivity index (χ4n) is 2.01. The van der Waals surface area contributed by atoms with Gasteiger partial charge in [-0.05, 0) is 6.07 Å². The minimum absolute atomic E-state index is 0.0227. The number of nitro groups is 1. The maximum atomic E-state index is 10.8. The first kappa shape index (κ1) is 12.9. The van der Waals surface area contributed by atoms with Crippen molar-refractivity contribution < 1.29 is 9.34 Å². The van der Waals surface area contributed by atoms with Crippen molar-refractivity contribution in [1.82, 2.24) is 4.98 Å². The molecule has 3 rings (SSSR count). The molecule has 0 aliphatic carbocycles. The van der Waals surface area contributed by atoms with E-state index in [9.17, 15) is 10.1 Å². The summed E-state index contributed by atoms with van der Waals surface area (Å²) in [4.78, 5) is 14.7. The molecule has 2 N–H and O–H groups in total. The zero-order valence-corrected chi connectivity index (χ0v) is 10.9. The quantitative estimate of drug-likeness (QED) is 0.585. The van der Waals surface area contributed by atoms with Gasteiger partial charge in [0, 0.05) is 23.3 Å². The van der Waals surface area contributed by atoms with E-state index in [4.69, 9.17) is 10.2 Å². The maximum absolute atomic E-state index is 10.8. The van der Waals surface area contributed by atoms with Gasteiger partial charge in [-0.3, -0.25) is 10.1 Å². The number of nitro benzene ring substituents is 1. The Labute approximate surface area is 120 Å². The number of nitrogen functional groups attached to an aromatic ring is 1. The summed E-state index contributed by atoms with van der Waals surface area (Å²) < 4.78 is 5.43. The molecule has 104 valence electrons. The minimum Gasteiger partial charge on any atom is -0.420 e. The first-order chi connectivity index (χ1) is 10.1. The molecule has 0 unspecified atom stereocenters. The van der Waals surface area contributed by atoms with Crippen LogP contribution in [0.5, 0.6) is 0 Å². The van der Waals surface area contributed by atoms with Gasteiger partial charge in [-0.2, -0.15) is 0 Å². The number of hydrogen-bond donors (Lipinski definition) is 1. The molecule has 0 saturated carbocycles. The Balaban J connectivity index is 2.05. The molecule has 0 amide bonds. The summed E-state index contributed by atoms with van der Waals surface area (Å²) in [7, 11) is 0. The molecular formula is C15H11N3O3. The third kappa shape index (κ3) is 2.46. The smallest absolute Gasteiger partial charge is 0.270 e. The van der Waals surface area contributed by atoms with Gasteiger partial charge in [0.2, 0.25) is 11.8 Å². The molecule has 6 nitrogen and oxygen atoms in total. The van der Waals surface area contributed by atoms with Crippen molar-refractivity contribution in [3.05, 3.63) is 64.7 Å². The second-order valence-corrected chi connectivity index (χ2v) is 4.41. The molecule has 0 saturated heterocycles. The summed E-state index contributed by atoms with van der Waals surface area (Å²) in [6, 6.07) is 15.4. The van der Waals surface area contributed by atoms with Crippen LogP contribution in [-0.2, 0) is 0 Å². The highest BCUT2D eigenvalue weighted by molar-refractivity contribution is 5.72. The molecule has 0 fully saturated rings. The molecule has 0 bridgehead atoms. The van der Waals surface area contributed by atoms with Crippen molar-refractivity contribution in [3.8, 4) is 22.7 Å². The maximum Gasteiger partial charge on any atom is 0.270 e. The van der Waals surface area contributed by atoms with Gasteiger partial charge in [0.1, 0.15) is 5.69 Å². The third-order valence-electron chi connectivity index (χ3n) is 3.00. The van der Waals surface area contributed by atoms with Crippen LogP contribution in [-0.4, -0.2) is 9.91 Å². The molecule has 21 heavy (non-hydrogen) atoms. The lowest BCUT2D eigenvalue weighted by Gasteiger charge is -1.95. The highest BCUT2D eigenvalue weighted by Crippen LogP contribution is 2.31. The molecule has 3 aromatic rings. The van der Waals surface area contributed by atoms with Crippen LogP contribution < -0.4 is 5.73 Å². The Hall–Kier alpha value is -3.15. The lowest BCUT2D eigenvalue weighted by molar-refractivity contribution is -0.384. The summed E-state index contributed by atoms with van der Waals surface area (Å²) >= 11 is 0. The van der Waals surface area contributed by atoms with Crippen molar-refractivity contribution in [2.75, 3.05) is 5.73 Å². The number of non-ortho nitro benzene ring substituents is 1. The summed E-state index contributed by atoms with van der Waals surface area (Å²) in [6.07, 6.45) is 0. The number of oxazole rings is 1. The van der Waals surface area contributed by atoms with E-state index < -0.39 is 4.92 Å². The predicted molar refractivity (Wildman–Crippen MR) is 78.4 cm³/mol. The van der Waals surface area contributed by atoms with Gasteiger partial charge < -0.3 is 10.2 Å². The van der Waals surface area contributed by atoms with Crippen molar-refractivity contribution in [3.63, 3.8) is 0 Å². The topological polar surface area (TPSA) is 95.2 Å². The Bertz CT molecular complexity index is 797. The fourth-order valence-corrected chi connectivity index (χ4v) is 2.01. The SMILES string of the molecule is Nc1oc(-c2cccc([N+](=O)[O-])c2)nc1-c1ccccc1. The standard InChI is InChI=1S/C15H11N3O3/c16-14-13(10-5-2-1-3-6-10)17-15(21-14)11-7-4-8-12(9-11)18(19)20/h1-9H,16H2. The Morgan fingerprint density at radius 1 is 1.05 bits per heavy atom. The van der Waals surface area contributed by atoms with E-state index in [-0.39, 0.29) is 17.5 Å². The molecule has 0 aliphatic rings. The summed E-state index contributed by atoms with van der Waals surface area (Å²) in [5.74, 6) is 0.442. The average Bonchev–Trinajstić information content (AvgIpc) is 2.90. The van der Waals surface area contributed by atoms with Crippen LogP contribution in [0.15, 0.2) is 59.0 Å². The molecule has 1 heterocycles. The molecule has 0 spiro atoms. The number of nitrogens with two attached hydrogens (primary N) is 1. The van der Waals surface area contributed by atoms with Crippen LogP contribution in [0.4, 0.5) is 11.6 Å². The van der Waals surface area contributed by atoms with Gasteiger partial charge in [0.05, 0.1) is 4.92 Å². The summed E-state index contributed by atoms with van der Waals surface area (Å²) in [5, 5.41) is 10.8. The fraction of sp³-hybridized carbons (Fsp3) is 0. The molecule has 1 aromatic heterocycles. The number of anilines is 1. The van der Waals surface area contributed by atoms with Gasteiger partial charge in [-0.25, -0.2) is 4.98 Å². The highest BCUT2D eigenvalue weighted by atomic mass is 16.6. The zero-order valence-electron chi connectivity index (χ0n) is 10.9. The highest BCUT2D eigenvalue weighted by Gasteiger charge is 2.15. The monoisotopic (exact) mass is 281 g/mol. The summed E-state index contributed by atoms with van der Waals surface area (Å²) in [6.45, 7) is 0. The number of aromatic nitrogens is 1. The van der Waals surface area contributed by atoms with E-state index in [2.05, 4.69) is 4.98 Å². The van der Waals surface area contributed by atoms with E-state index in [0.29, 0.717) is 11.3 Å². The first-order valence-corrected chi connectivity index (χ1v) is 6.21. The Morgan fingerprint density at radius 3 is 2.48 bits per heavy atom. The summed E-state index contributed by atoms with van der Waals surface area (Å²) in [5.41, 5.74) is 7.69. The van der Waals surface area contributed by atoms with E-state index in [1.54, 1.807) is 12.1 Å². The molecule has 0 radical (unpaired) electrons. The van der Waals surface area contributed by atoms with Crippen molar-refractivity contribution >= 4 is 11.6 Å². The average molecular weight is 281 g/mol. The number of hydrogen-bond acceptors (Lipinski definition) is 5. The van der Waals surface area contributed by atoms with Gasteiger partial charge in [0.25, 0.3) is 5.69 Å². The van der Waals surface area contributed by atoms with Gasteiger partial charge in [-0.15, -0.1) is 0 Å². The normalized spacial score (nSPS) is 10.5. The Morgan fingerprint density at radius 2 is 1.76 bits per heavy atom. The number of rotatable bonds is 3. The lowest BCUT2D eigenvalue weighted by Crippen LogP contribution is -1.88. The molecular weight excluding hydrogens is 270 g/mol. The second kappa shape index (κ2) is 5.09. The van der Waals surface area contributed by atoms with E-state index in [1.165, 1.54) is 12.1 Å². The van der Waals surface area contributed by atoms with Crippen molar-refractivity contribution in [2.45, 2.75) is 0 Å². The Kier molecular flexibility index (Phi) is 3.12. The van der Waals surface area contributed by atoms with Crippen LogP contribution in [0, 0.1) is 10.1 Å². The van der Waals surface area contributed by atoms with Gasteiger partial charge in [-0.1, -0.05) is 36.4 Å². The number of benzene rings is 2. The van der Waals surface area contributed by atoms with Crippen LogP contribution >= 0.6 is 0 Å². The molecule has 0 aliphatic heterocycles. The first-order valence-electron chi connectivity index (χ1n) is 6.21. The predicted octanol–water partition coefficient (Wildman–Crippen LogP) is 3.50. The van der Waals surface area contributed by atoms with Crippen molar-refractivity contribution in [1.29, 1.82) is 0 Å². The van der Waals surface area contributed by atoms with Gasteiger partial charge in [0.15, 0.2) is 0 Å². The molecule has 0 atom stereocenters. The van der Waals surface area contributed by atoms with E-state index >= 15 is 0 Å². The van der Waals surface area contributed by atoms with Crippen molar-refractivity contribution in [2.24, 2.45) is 0 Å². The zero-order chi connectivity index (χ0) is 14.8. The number of nitrogens with zero attached hydrogens (tertiary/aromatic N) is 2. The van der Waals surface area contributed by atoms with Crippen LogP contribution in [0.2, 0.25) is 0 Å². The van der Waals surface area contributed by atoms with E-state index in [1.807, 2.05) is 30.3 Å².